The quantitative estimate of drug-likeness (QED) is 0.580. The van der Waals surface area contributed by atoms with Crippen molar-refractivity contribution in [2.75, 3.05) is 0 Å². The highest BCUT2D eigenvalue weighted by molar-refractivity contribution is 6.34. The first-order valence-electron chi connectivity index (χ1n) is 4.59. The number of carbonyl (C=O) groups excluding carboxylic acids is 1. The summed E-state index contributed by atoms with van der Waals surface area (Å²) in [5.74, 6) is 0.207. The van der Waals surface area contributed by atoms with Crippen LogP contribution in [0.15, 0.2) is 18.2 Å². The molecule has 1 aliphatic carbocycles. The Balaban J connectivity index is 2.55. The molecule has 0 spiro atoms. The zero-order valence-corrected chi connectivity index (χ0v) is 8.10. The Labute approximate surface area is 82.7 Å². The van der Waals surface area contributed by atoms with Crippen molar-refractivity contribution < 1.29 is 4.79 Å². The standard InChI is InChI=1S/C11H11ClO/c12-9-6-3-5-8-4-1-2-7-10(13)11(8)9/h3,5-6H,1-2,4,7H2. The average Bonchev–Trinajstić information content (AvgIpc) is 2.29. The predicted octanol–water partition coefficient (Wildman–Crippen LogP) is 3.25. The Kier molecular flexibility index (Phi) is 2.36. The lowest BCUT2D eigenvalue weighted by atomic mass is 10.0. The smallest absolute Gasteiger partial charge is 0.164 e. The Hall–Kier alpha value is -0.820. The van der Waals surface area contributed by atoms with Crippen LogP contribution in [0.25, 0.3) is 0 Å². The fraction of sp³-hybridized carbons (Fsp3) is 0.364. The largest absolute Gasteiger partial charge is 0.294 e. The highest BCUT2D eigenvalue weighted by Gasteiger charge is 2.17. The van der Waals surface area contributed by atoms with Crippen molar-refractivity contribution in [1.29, 1.82) is 0 Å². The molecule has 1 nitrogen and oxygen atoms in total. The SMILES string of the molecule is O=C1CCCCc2cccc(Cl)c21. The Morgan fingerprint density at radius 1 is 1.15 bits per heavy atom. The van der Waals surface area contributed by atoms with E-state index in [0.717, 1.165) is 30.4 Å². The number of hydrogen-bond acceptors (Lipinski definition) is 1. The van der Waals surface area contributed by atoms with Gasteiger partial charge in [0.15, 0.2) is 5.78 Å². The second-order valence-electron chi connectivity index (χ2n) is 3.40. The summed E-state index contributed by atoms with van der Waals surface area (Å²) < 4.78 is 0. The number of fused-ring (bicyclic) bond motifs is 1. The van der Waals surface area contributed by atoms with Gasteiger partial charge in [-0.2, -0.15) is 0 Å². The molecule has 1 aliphatic rings. The first kappa shape index (κ1) is 8.76. The summed E-state index contributed by atoms with van der Waals surface area (Å²) in [6.07, 6.45) is 3.72. The van der Waals surface area contributed by atoms with Gasteiger partial charge >= 0.3 is 0 Å². The molecule has 0 saturated heterocycles. The van der Waals surface area contributed by atoms with Crippen molar-refractivity contribution >= 4 is 17.4 Å². The van der Waals surface area contributed by atoms with E-state index in [9.17, 15) is 4.79 Å². The van der Waals surface area contributed by atoms with E-state index in [-0.39, 0.29) is 5.78 Å². The van der Waals surface area contributed by atoms with Gasteiger partial charge in [0, 0.05) is 12.0 Å². The van der Waals surface area contributed by atoms with E-state index in [0.29, 0.717) is 11.4 Å². The summed E-state index contributed by atoms with van der Waals surface area (Å²) in [4.78, 5) is 11.6. The van der Waals surface area contributed by atoms with E-state index in [1.807, 2.05) is 12.1 Å². The van der Waals surface area contributed by atoms with Crippen LogP contribution in [0.4, 0.5) is 0 Å². The van der Waals surface area contributed by atoms with Gasteiger partial charge < -0.3 is 0 Å². The van der Waals surface area contributed by atoms with Gasteiger partial charge in [0.1, 0.15) is 0 Å². The number of ketones is 1. The van der Waals surface area contributed by atoms with Gasteiger partial charge in [-0.3, -0.25) is 4.79 Å². The summed E-state index contributed by atoms with van der Waals surface area (Å²) >= 11 is 5.99. The predicted molar refractivity (Wildman–Crippen MR) is 53.3 cm³/mol. The lowest BCUT2D eigenvalue weighted by Crippen LogP contribution is -2.00. The van der Waals surface area contributed by atoms with Crippen LogP contribution in [-0.2, 0) is 6.42 Å². The van der Waals surface area contributed by atoms with Crippen LogP contribution in [0.1, 0.15) is 35.2 Å². The van der Waals surface area contributed by atoms with Crippen molar-refractivity contribution in [2.24, 2.45) is 0 Å². The van der Waals surface area contributed by atoms with Crippen molar-refractivity contribution in [3.8, 4) is 0 Å². The number of benzene rings is 1. The molecule has 13 heavy (non-hydrogen) atoms. The number of carbonyl (C=O) groups is 1. The summed E-state index contributed by atoms with van der Waals surface area (Å²) in [6, 6.07) is 5.72. The minimum atomic E-state index is 0.207. The maximum atomic E-state index is 11.6. The minimum absolute atomic E-state index is 0.207. The maximum absolute atomic E-state index is 11.6. The number of halogens is 1. The number of hydrogen-bond donors (Lipinski definition) is 0. The van der Waals surface area contributed by atoms with Crippen LogP contribution in [0, 0.1) is 0 Å². The summed E-state index contributed by atoms with van der Waals surface area (Å²) in [6.45, 7) is 0. The molecule has 0 radical (unpaired) electrons. The molecule has 2 rings (SSSR count). The Morgan fingerprint density at radius 2 is 1.92 bits per heavy atom. The molecule has 0 atom stereocenters. The van der Waals surface area contributed by atoms with Crippen molar-refractivity contribution in [2.45, 2.75) is 25.7 Å². The van der Waals surface area contributed by atoms with Gasteiger partial charge in [0.25, 0.3) is 0 Å². The number of Topliss-reactive ketones (excluding diaryl/α,β-unsaturated/α-hetero) is 1. The van der Waals surface area contributed by atoms with E-state index >= 15 is 0 Å². The fourth-order valence-corrected chi connectivity index (χ4v) is 2.11. The van der Waals surface area contributed by atoms with E-state index in [1.54, 1.807) is 6.07 Å². The maximum Gasteiger partial charge on any atom is 0.164 e. The molecule has 0 N–H and O–H groups in total. The minimum Gasteiger partial charge on any atom is -0.294 e. The topological polar surface area (TPSA) is 17.1 Å². The number of aryl methyl sites for hydroxylation is 1. The van der Waals surface area contributed by atoms with Crippen LogP contribution >= 0.6 is 11.6 Å². The Bertz CT molecular complexity index is 344. The molecule has 0 aromatic heterocycles. The third kappa shape index (κ3) is 1.61. The molecule has 0 unspecified atom stereocenters. The van der Waals surface area contributed by atoms with Crippen LogP contribution in [0.2, 0.25) is 5.02 Å². The van der Waals surface area contributed by atoms with Crippen LogP contribution < -0.4 is 0 Å². The molecule has 0 fully saturated rings. The van der Waals surface area contributed by atoms with Crippen molar-refractivity contribution in [3.05, 3.63) is 34.3 Å². The van der Waals surface area contributed by atoms with Crippen LogP contribution in [0.3, 0.4) is 0 Å². The number of rotatable bonds is 0. The molecule has 0 aliphatic heterocycles. The molecular formula is C11H11ClO. The van der Waals surface area contributed by atoms with E-state index in [4.69, 9.17) is 11.6 Å². The first-order valence-corrected chi connectivity index (χ1v) is 4.97. The molecule has 0 heterocycles. The molecule has 1 aromatic carbocycles. The van der Waals surface area contributed by atoms with Crippen LogP contribution in [0.5, 0.6) is 0 Å². The summed E-state index contributed by atoms with van der Waals surface area (Å²) in [5.41, 5.74) is 1.89. The van der Waals surface area contributed by atoms with Gasteiger partial charge in [0.2, 0.25) is 0 Å². The summed E-state index contributed by atoms with van der Waals surface area (Å²) in [5, 5.41) is 0.615. The summed E-state index contributed by atoms with van der Waals surface area (Å²) in [7, 11) is 0. The molecule has 0 amide bonds. The molecule has 1 aromatic rings. The molecule has 0 bridgehead atoms. The van der Waals surface area contributed by atoms with E-state index in [1.165, 1.54) is 0 Å². The third-order valence-electron chi connectivity index (χ3n) is 2.48. The van der Waals surface area contributed by atoms with Crippen molar-refractivity contribution in [1.82, 2.24) is 0 Å². The highest BCUT2D eigenvalue weighted by atomic mass is 35.5. The lowest BCUT2D eigenvalue weighted by molar-refractivity contribution is 0.0982. The third-order valence-corrected chi connectivity index (χ3v) is 2.79. The second kappa shape index (κ2) is 3.51. The highest BCUT2D eigenvalue weighted by Crippen LogP contribution is 2.26. The van der Waals surface area contributed by atoms with Gasteiger partial charge in [-0.05, 0) is 30.9 Å². The zero-order valence-electron chi connectivity index (χ0n) is 7.35. The van der Waals surface area contributed by atoms with E-state index in [2.05, 4.69) is 0 Å². The lowest BCUT2D eigenvalue weighted by Gasteiger charge is -2.05. The zero-order chi connectivity index (χ0) is 9.26. The fourth-order valence-electron chi connectivity index (χ4n) is 1.82. The van der Waals surface area contributed by atoms with Gasteiger partial charge in [-0.25, -0.2) is 0 Å². The average molecular weight is 195 g/mol. The van der Waals surface area contributed by atoms with Crippen LogP contribution in [-0.4, -0.2) is 5.78 Å². The van der Waals surface area contributed by atoms with E-state index < -0.39 is 0 Å². The molecule has 0 saturated carbocycles. The molecule has 2 heteroatoms. The normalized spacial score (nSPS) is 16.5. The first-order chi connectivity index (χ1) is 6.29. The second-order valence-corrected chi connectivity index (χ2v) is 3.81. The van der Waals surface area contributed by atoms with Gasteiger partial charge in [0.05, 0.1) is 5.02 Å². The molecular weight excluding hydrogens is 184 g/mol. The Morgan fingerprint density at radius 3 is 2.77 bits per heavy atom. The van der Waals surface area contributed by atoms with Gasteiger partial charge in [-0.15, -0.1) is 0 Å². The van der Waals surface area contributed by atoms with Crippen molar-refractivity contribution in [3.63, 3.8) is 0 Å². The monoisotopic (exact) mass is 194 g/mol. The molecule has 68 valence electrons. The van der Waals surface area contributed by atoms with Gasteiger partial charge in [-0.1, -0.05) is 23.7 Å².